The number of anilines is 2. The zero-order chi connectivity index (χ0) is 14.7. The van der Waals surface area contributed by atoms with E-state index >= 15 is 0 Å². The van der Waals surface area contributed by atoms with E-state index < -0.39 is 5.91 Å². The highest BCUT2D eigenvalue weighted by Gasteiger charge is 2.12. The molecule has 4 N–H and O–H groups in total. The summed E-state index contributed by atoms with van der Waals surface area (Å²) in [6.45, 7) is 3.81. The molecular weight excluding hydrogens is 282 g/mol. The Hall–Kier alpha value is -2.28. The Bertz CT molecular complexity index is 626. The average Bonchev–Trinajstić information content (AvgIpc) is 2.79. The van der Waals surface area contributed by atoms with Crippen LogP contribution in [0.2, 0.25) is 5.02 Å². The van der Waals surface area contributed by atoms with Crippen molar-refractivity contribution in [1.82, 2.24) is 15.2 Å². The fraction of sp³-hybridized carbons (Fsp3) is 0.250. The van der Waals surface area contributed by atoms with Gasteiger partial charge in [0.25, 0.3) is 5.91 Å². The lowest BCUT2D eigenvalue weighted by Crippen LogP contribution is -2.14. The smallest absolute Gasteiger partial charge is 0.293 e. The minimum atomic E-state index is -0.456. The van der Waals surface area contributed by atoms with E-state index in [9.17, 15) is 4.79 Å². The van der Waals surface area contributed by atoms with Gasteiger partial charge in [0.2, 0.25) is 11.8 Å². The number of hydrogen-bond acceptors (Lipinski definition) is 5. The third kappa shape index (κ3) is 3.39. The minimum Gasteiger partial charge on any atom is -0.489 e. The Balaban J connectivity index is 2.10. The van der Waals surface area contributed by atoms with E-state index in [1.165, 1.54) is 0 Å². The quantitative estimate of drug-likeness (QED) is 0.800. The number of benzene rings is 1. The maximum absolute atomic E-state index is 11.8. The van der Waals surface area contributed by atoms with Crippen molar-refractivity contribution in [2.75, 3.05) is 11.1 Å². The van der Waals surface area contributed by atoms with Crippen LogP contribution in [0, 0.1) is 0 Å². The second kappa shape index (κ2) is 5.79. The van der Waals surface area contributed by atoms with Crippen molar-refractivity contribution in [2.45, 2.75) is 20.0 Å². The molecule has 20 heavy (non-hydrogen) atoms. The monoisotopic (exact) mass is 295 g/mol. The second-order valence-electron chi connectivity index (χ2n) is 4.31. The van der Waals surface area contributed by atoms with Gasteiger partial charge in [0, 0.05) is 5.69 Å². The van der Waals surface area contributed by atoms with Gasteiger partial charge in [-0.3, -0.25) is 9.89 Å². The van der Waals surface area contributed by atoms with E-state index in [1.54, 1.807) is 18.2 Å². The Morgan fingerprint density at radius 1 is 1.50 bits per heavy atom. The number of carbonyl (C=O) groups excluding carboxylic acids is 1. The van der Waals surface area contributed by atoms with Crippen LogP contribution in [0.15, 0.2) is 18.2 Å². The molecule has 0 atom stereocenters. The topological polar surface area (TPSA) is 106 Å². The standard InChI is InChI=1S/C12H14ClN5O2/c1-6(2)20-9-4-3-7(5-8(9)13)15-11(19)10-16-12(14)18-17-10/h3-6H,1-2H3,(H,15,19)(H3,14,16,17,18). The summed E-state index contributed by atoms with van der Waals surface area (Å²) in [6.07, 6.45) is 0.0186. The van der Waals surface area contributed by atoms with Gasteiger partial charge in [0.1, 0.15) is 5.75 Å². The van der Waals surface area contributed by atoms with Crippen molar-refractivity contribution < 1.29 is 9.53 Å². The molecule has 2 aromatic rings. The summed E-state index contributed by atoms with van der Waals surface area (Å²) in [5.74, 6) is 0.140. The van der Waals surface area contributed by atoms with Gasteiger partial charge < -0.3 is 15.8 Å². The number of nitrogens with one attached hydrogen (secondary N) is 2. The molecule has 0 saturated carbocycles. The van der Waals surface area contributed by atoms with Crippen LogP contribution in [0.1, 0.15) is 24.5 Å². The molecule has 106 valence electrons. The van der Waals surface area contributed by atoms with Crippen LogP contribution < -0.4 is 15.8 Å². The lowest BCUT2D eigenvalue weighted by atomic mass is 10.3. The first-order chi connectivity index (χ1) is 9.45. The predicted octanol–water partition coefficient (Wildman–Crippen LogP) is 2.08. The van der Waals surface area contributed by atoms with Crippen molar-refractivity contribution in [3.05, 3.63) is 29.0 Å². The molecule has 2 rings (SSSR count). The molecule has 0 aliphatic carbocycles. The Morgan fingerprint density at radius 3 is 2.80 bits per heavy atom. The molecular formula is C12H14ClN5O2. The largest absolute Gasteiger partial charge is 0.489 e. The summed E-state index contributed by atoms with van der Waals surface area (Å²) in [6, 6.07) is 4.96. The molecule has 8 heteroatoms. The van der Waals surface area contributed by atoms with Crippen LogP contribution in [0.3, 0.4) is 0 Å². The number of nitrogens with two attached hydrogens (primary N) is 1. The average molecular weight is 296 g/mol. The highest BCUT2D eigenvalue weighted by Crippen LogP contribution is 2.28. The lowest BCUT2D eigenvalue weighted by Gasteiger charge is -2.12. The summed E-state index contributed by atoms with van der Waals surface area (Å²) in [5, 5.41) is 9.04. The fourth-order valence-corrected chi connectivity index (χ4v) is 1.72. The zero-order valence-electron chi connectivity index (χ0n) is 11.0. The highest BCUT2D eigenvalue weighted by atomic mass is 35.5. The number of H-pyrrole nitrogens is 1. The molecule has 0 aliphatic rings. The number of carbonyl (C=O) groups is 1. The molecule has 0 radical (unpaired) electrons. The molecule has 7 nitrogen and oxygen atoms in total. The molecule has 0 bridgehead atoms. The predicted molar refractivity (Wildman–Crippen MR) is 76.0 cm³/mol. The molecule has 0 fully saturated rings. The van der Waals surface area contributed by atoms with Crippen LogP contribution >= 0.6 is 11.6 Å². The van der Waals surface area contributed by atoms with Gasteiger partial charge >= 0.3 is 0 Å². The molecule has 1 aromatic heterocycles. The first-order valence-corrected chi connectivity index (χ1v) is 6.29. The third-order valence-corrected chi connectivity index (χ3v) is 2.57. The molecule has 0 aliphatic heterocycles. The Labute approximate surface area is 120 Å². The summed E-state index contributed by atoms with van der Waals surface area (Å²) >= 11 is 6.07. The van der Waals surface area contributed by atoms with Crippen LogP contribution in [0.5, 0.6) is 5.75 Å². The molecule has 1 heterocycles. The number of rotatable bonds is 4. The maximum atomic E-state index is 11.8. The van der Waals surface area contributed by atoms with Crippen molar-refractivity contribution in [3.63, 3.8) is 0 Å². The molecule has 0 spiro atoms. The van der Waals surface area contributed by atoms with Gasteiger partial charge in [0.05, 0.1) is 11.1 Å². The molecule has 0 saturated heterocycles. The Kier molecular flexibility index (Phi) is 4.09. The number of halogens is 1. The molecule has 1 amide bonds. The van der Waals surface area contributed by atoms with Gasteiger partial charge in [-0.05, 0) is 32.0 Å². The van der Waals surface area contributed by atoms with Crippen LogP contribution in [-0.2, 0) is 0 Å². The van der Waals surface area contributed by atoms with E-state index in [4.69, 9.17) is 22.1 Å². The molecule has 1 aromatic carbocycles. The first-order valence-electron chi connectivity index (χ1n) is 5.91. The van der Waals surface area contributed by atoms with Crippen molar-refractivity contribution in [2.24, 2.45) is 0 Å². The Morgan fingerprint density at radius 2 is 2.25 bits per heavy atom. The number of amides is 1. The van der Waals surface area contributed by atoms with Crippen LogP contribution in [-0.4, -0.2) is 27.2 Å². The number of nitrogens with zero attached hydrogens (tertiary/aromatic N) is 2. The van der Waals surface area contributed by atoms with E-state index in [0.29, 0.717) is 16.5 Å². The summed E-state index contributed by atoms with van der Waals surface area (Å²) < 4.78 is 5.50. The summed E-state index contributed by atoms with van der Waals surface area (Å²) in [7, 11) is 0. The number of aromatic nitrogens is 3. The van der Waals surface area contributed by atoms with Gasteiger partial charge in [-0.2, -0.15) is 4.98 Å². The van der Waals surface area contributed by atoms with Gasteiger partial charge in [-0.15, -0.1) is 5.10 Å². The number of ether oxygens (including phenoxy) is 1. The summed E-state index contributed by atoms with van der Waals surface area (Å²) in [5.41, 5.74) is 5.85. The normalized spacial score (nSPS) is 10.6. The third-order valence-electron chi connectivity index (χ3n) is 2.27. The van der Waals surface area contributed by atoms with Crippen molar-refractivity contribution in [3.8, 4) is 5.75 Å². The fourth-order valence-electron chi connectivity index (χ4n) is 1.49. The first kappa shape index (κ1) is 14.1. The molecule has 0 unspecified atom stereocenters. The van der Waals surface area contributed by atoms with Crippen molar-refractivity contribution in [1.29, 1.82) is 0 Å². The van der Waals surface area contributed by atoms with E-state index in [2.05, 4.69) is 20.5 Å². The number of nitrogen functional groups attached to an aromatic ring is 1. The van der Waals surface area contributed by atoms with Crippen molar-refractivity contribution >= 4 is 29.1 Å². The number of hydrogen-bond donors (Lipinski definition) is 3. The zero-order valence-corrected chi connectivity index (χ0v) is 11.7. The lowest BCUT2D eigenvalue weighted by molar-refractivity contribution is 0.101. The summed E-state index contributed by atoms with van der Waals surface area (Å²) in [4.78, 5) is 15.6. The van der Waals surface area contributed by atoms with Crippen LogP contribution in [0.4, 0.5) is 11.6 Å². The number of aromatic amines is 1. The van der Waals surface area contributed by atoms with E-state index in [-0.39, 0.29) is 17.9 Å². The minimum absolute atomic E-state index is 0.00821. The highest BCUT2D eigenvalue weighted by molar-refractivity contribution is 6.32. The SMILES string of the molecule is CC(C)Oc1ccc(NC(=O)c2nc(N)n[nH]2)cc1Cl. The van der Waals surface area contributed by atoms with E-state index in [0.717, 1.165) is 0 Å². The maximum Gasteiger partial charge on any atom is 0.293 e. The van der Waals surface area contributed by atoms with Crippen LogP contribution in [0.25, 0.3) is 0 Å². The van der Waals surface area contributed by atoms with Gasteiger partial charge in [-0.1, -0.05) is 11.6 Å². The van der Waals surface area contributed by atoms with E-state index in [1.807, 2.05) is 13.8 Å². The second-order valence-corrected chi connectivity index (χ2v) is 4.72. The van der Waals surface area contributed by atoms with Gasteiger partial charge in [0.15, 0.2) is 0 Å². The van der Waals surface area contributed by atoms with Gasteiger partial charge in [-0.25, -0.2) is 0 Å².